The van der Waals surface area contributed by atoms with Gasteiger partial charge in [0.25, 0.3) is 0 Å². The third-order valence-corrected chi connectivity index (χ3v) is 5.74. The van der Waals surface area contributed by atoms with E-state index in [4.69, 9.17) is 0 Å². The minimum atomic E-state index is -11.3. The lowest BCUT2D eigenvalue weighted by atomic mass is 10.1. The summed E-state index contributed by atoms with van der Waals surface area (Å²) in [6.07, 6.45) is -51.4. The van der Waals surface area contributed by atoms with Gasteiger partial charge in [-0.1, -0.05) is 0 Å². The minimum Gasteiger partial charge on any atom is -0.301 e. The lowest BCUT2D eigenvalue weighted by molar-refractivity contribution is -0.476. The Hall–Kier alpha value is -1.86. The standard InChI is InChI=1S/C12F28O3Si/c13-1(14,7(22,23)24)4(19,10(31,32)33)41-44(40,42-5(20,11(34,35)36)2(15,16)8(25,26)27)43-6(21,12(37,38)39)3(17,18)9(28,29)30. The molecule has 0 bridgehead atoms. The summed E-state index contributed by atoms with van der Waals surface area (Å²) in [5.41, 5.74) is 0. The van der Waals surface area contributed by atoms with Gasteiger partial charge >= 0.3 is 81.5 Å². The Morgan fingerprint density at radius 3 is 0.477 bits per heavy atom. The van der Waals surface area contributed by atoms with Crippen LogP contribution in [0, 0.1) is 0 Å². The molecule has 0 aromatic heterocycles. The highest BCUT2D eigenvalue weighted by molar-refractivity contribution is 6.53. The van der Waals surface area contributed by atoms with Gasteiger partial charge in [-0.2, -0.15) is 119 Å². The topological polar surface area (TPSA) is 27.7 Å². The zero-order chi connectivity index (χ0) is 36.6. The zero-order valence-electron chi connectivity index (χ0n) is 18.3. The number of halogens is 28. The summed E-state index contributed by atoms with van der Waals surface area (Å²) in [4.78, 5) is 0. The minimum absolute atomic E-state index is 1.06. The fraction of sp³-hybridized carbons (Fsp3) is 1.00. The molecule has 0 heterocycles. The lowest BCUT2D eigenvalue weighted by Crippen LogP contribution is -2.75. The van der Waals surface area contributed by atoms with Gasteiger partial charge in [0, 0.05) is 0 Å². The van der Waals surface area contributed by atoms with Crippen molar-refractivity contribution in [3.8, 4) is 0 Å². The van der Waals surface area contributed by atoms with Crippen molar-refractivity contribution in [3.63, 3.8) is 0 Å². The fourth-order valence-corrected chi connectivity index (χ4v) is 3.88. The van der Waals surface area contributed by atoms with Crippen LogP contribution in [0.4, 0.5) is 123 Å². The maximum Gasteiger partial charge on any atom is 0.728 e. The average Bonchev–Trinajstić information content (AvgIpc) is 2.67. The molecule has 0 saturated carbocycles. The number of alkyl halides is 27. The summed E-state index contributed by atoms with van der Waals surface area (Å²) in [6, 6.07) is 0. The summed E-state index contributed by atoms with van der Waals surface area (Å²) < 4.78 is 367. The molecule has 0 amide bonds. The Labute approximate surface area is 219 Å². The molecule has 0 aromatic rings. The van der Waals surface area contributed by atoms with Gasteiger partial charge in [0.2, 0.25) is 0 Å². The molecule has 0 rings (SSSR count). The maximum atomic E-state index is 14.8. The van der Waals surface area contributed by atoms with Crippen molar-refractivity contribution in [1.29, 1.82) is 0 Å². The van der Waals surface area contributed by atoms with Gasteiger partial charge in [-0.05, 0) is 0 Å². The smallest absolute Gasteiger partial charge is 0.301 e. The molecule has 0 aromatic carbocycles. The Kier molecular flexibility index (Phi) is 10.1. The van der Waals surface area contributed by atoms with E-state index in [2.05, 4.69) is 0 Å². The molecule has 3 nitrogen and oxygen atoms in total. The van der Waals surface area contributed by atoms with E-state index in [0.29, 0.717) is 0 Å². The first kappa shape index (κ1) is 42.1. The van der Waals surface area contributed by atoms with Crippen LogP contribution in [0.3, 0.4) is 0 Å². The Bertz CT molecular complexity index is 887. The molecule has 3 atom stereocenters. The third-order valence-electron chi connectivity index (χ3n) is 4.16. The lowest BCUT2D eigenvalue weighted by Gasteiger charge is -2.44. The molecular weight excluding hydrogens is 752 g/mol. The molecular formula is C12F28O3Si. The summed E-state index contributed by atoms with van der Waals surface area (Å²) in [6.45, 7) is 0. The molecule has 266 valence electrons. The molecule has 3 unspecified atom stereocenters. The molecule has 0 N–H and O–H groups in total. The van der Waals surface area contributed by atoms with Gasteiger partial charge < -0.3 is 13.3 Å². The average molecular weight is 752 g/mol. The van der Waals surface area contributed by atoms with Gasteiger partial charge in [0.05, 0.1) is 0 Å². The van der Waals surface area contributed by atoms with Crippen molar-refractivity contribution in [2.75, 3.05) is 0 Å². The van der Waals surface area contributed by atoms with E-state index >= 15 is 0 Å². The first-order chi connectivity index (χ1) is 18.4. The number of hydrogen-bond donors (Lipinski definition) is 0. The van der Waals surface area contributed by atoms with Crippen LogP contribution in [-0.4, -0.2) is 81.5 Å². The Morgan fingerprint density at radius 1 is 0.250 bits per heavy atom. The van der Waals surface area contributed by atoms with Crippen LogP contribution >= 0.6 is 0 Å². The Balaban J connectivity index is 8.28. The van der Waals surface area contributed by atoms with Gasteiger partial charge in [-0.3, -0.25) is 0 Å². The van der Waals surface area contributed by atoms with Crippen LogP contribution in [0.5, 0.6) is 0 Å². The molecule has 0 aliphatic rings. The van der Waals surface area contributed by atoms with Crippen LogP contribution < -0.4 is 0 Å². The van der Waals surface area contributed by atoms with Gasteiger partial charge in [0.15, 0.2) is 0 Å². The van der Waals surface area contributed by atoms with Crippen LogP contribution in [-0.2, 0) is 13.3 Å². The first-order valence-corrected chi connectivity index (χ1v) is 10.4. The third kappa shape index (κ3) is 6.52. The summed E-state index contributed by atoms with van der Waals surface area (Å²) in [7, 11) is -11.3. The molecule has 0 radical (unpaired) electrons. The predicted octanol–water partition coefficient (Wildman–Crippen LogP) is 8.72. The van der Waals surface area contributed by atoms with Gasteiger partial charge in [-0.15, -0.1) is 0 Å². The molecule has 0 fully saturated rings. The first-order valence-electron chi connectivity index (χ1n) is 8.77. The van der Waals surface area contributed by atoms with Crippen molar-refractivity contribution in [3.05, 3.63) is 0 Å². The summed E-state index contributed by atoms with van der Waals surface area (Å²) >= 11 is 0. The number of rotatable bonds is 9. The van der Waals surface area contributed by atoms with E-state index in [1.807, 2.05) is 0 Å². The maximum absolute atomic E-state index is 14.8. The van der Waals surface area contributed by atoms with Gasteiger partial charge in [-0.25, -0.2) is 4.11 Å². The molecule has 0 spiro atoms. The van der Waals surface area contributed by atoms with Crippen molar-refractivity contribution in [1.82, 2.24) is 0 Å². The second-order valence-corrected chi connectivity index (χ2v) is 8.86. The van der Waals surface area contributed by atoms with E-state index in [9.17, 15) is 123 Å². The largest absolute Gasteiger partial charge is 0.728 e. The molecule has 0 aliphatic carbocycles. The second kappa shape index (κ2) is 10.6. The fourth-order valence-electron chi connectivity index (χ4n) is 2.01. The van der Waals surface area contributed by atoms with E-state index < -0.39 is 81.5 Å². The van der Waals surface area contributed by atoms with Crippen molar-refractivity contribution >= 4 is 9.14 Å². The molecule has 0 saturated heterocycles. The van der Waals surface area contributed by atoms with Gasteiger partial charge in [0.1, 0.15) is 0 Å². The van der Waals surface area contributed by atoms with Crippen LogP contribution in [0.15, 0.2) is 0 Å². The summed E-state index contributed by atoms with van der Waals surface area (Å²) in [5, 5.41) is 0. The van der Waals surface area contributed by atoms with Crippen LogP contribution in [0.2, 0.25) is 0 Å². The predicted molar refractivity (Wildman–Crippen MR) is 72.8 cm³/mol. The molecule has 44 heavy (non-hydrogen) atoms. The van der Waals surface area contributed by atoms with E-state index in [0.717, 1.165) is 13.3 Å². The van der Waals surface area contributed by atoms with Crippen molar-refractivity contribution in [2.24, 2.45) is 0 Å². The second-order valence-electron chi connectivity index (χ2n) is 7.28. The molecule has 0 aliphatic heterocycles. The highest BCUT2D eigenvalue weighted by Crippen LogP contribution is 2.60. The van der Waals surface area contributed by atoms with Crippen molar-refractivity contribution < 1.29 is 136 Å². The highest BCUT2D eigenvalue weighted by Gasteiger charge is 2.92. The van der Waals surface area contributed by atoms with Crippen LogP contribution in [0.1, 0.15) is 0 Å². The summed E-state index contributed by atoms with van der Waals surface area (Å²) in [5.74, 6) is -53.8. The van der Waals surface area contributed by atoms with E-state index in [-0.39, 0.29) is 0 Å². The van der Waals surface area contributed by atoms with Crippen molar-refractivity contribution in [2.45, 2.75) is 72.4 Å². The number of hydrogen-bond acceptors (Lipinski definition) is 3. The van der Waals surface area contributed by atoms with Crippen LogP contribution in [0.25, 0.3) is 0 Å². The zero-order valence-corrected chi connectivity index (χ0v) is 19.3. The monoisotopic (exact) mass is 752 g/mol. The Morgan fingerprint density at radius 2 is 0.386 bits per heavy atom. The normalized spacial score (nSPS) is 21.3. The molecule has 32 heteroatoms. The quantitative estimate of drug-likeness (QED) is 0.134. The van der Waals surface area contributed by atoms with E-state index in [1.54, 1.807) is 0 Å². The highest BCUT2D eigenvalue weighted by atomic mass is 28.4. The van der Waals surface area contributed by atoms with E-state index in [1.165, 1.54) is 0 Å². The SMILES string of the molecule is FC(F)(F)C(F)(F)C(F)(O[Si](F)(OC(F)(C(F)(F)F)C(F)(F)C(F)(F)F)OC(F)(C(F)(F)F)C(F)(F)C(F)(F)F)C(F)(F)F.